The molecule has 0 radical (unpaired) electrons. The van der Waals surface area contributed by atoms with Crippen LogP contribution in [0.4, 0.5) is 0 Å². The molecule has 0 spiro atoms. The van der Waals surface area contributed by atoms with Gasteiger partial charge in [0.05, 0.1) is 11.0 Å². The van der Waals surface area contributed by atoms with Crippen molar-refractivity contribution in [2.24, 2.45) is 5.16 Å². The largest absolute Gasteiger partial charge is 0.436 e. The Labute approximate surface area is 112 Å². The van der Waals surface area contributed by atoms with E-state index in [9.17, 15) is 5.21 Å². The van der Waals surface area contributed by atoms with E-state index in [1.807, 2.05) is 42.5 Å². The van der Waals surface area contributed by atoms with Gasteiger partial charge in [-0.15, -0.1) is 0 Å². The molecule has 0 unspecified atom stereocenters. The molecule has 2 aromatic heterocycles. The zero-order valence-corrected chi connectivity index (χ0v) is 10.3. The van der Waals surface area contributed by atoms with E-state index in [0.29, 0.717) is 27.6 Å². The van der Waals surface area contributed by atoms with Gasteiger partial charge in [0.15, 0.2) is 5.52 Å². The highest BCUT2D eigenvalue weighted by molar-refractivity contribution is 5.89. The molecule has 0 aliphatic carbocycles. The van der Waals surface area contributed by atoms with Crippen LogP contribution in [0.15, 0.2) is 58.1 Å². The Morgan fingerprint density at radius 2 is 1.60 bits per heavy atom. The molecule has 5 heteroatoms. The SMILES string of the molecule is ON=c1c2ccccc2oc2nc3ccccc3nc12. The van der Waals surface area contributed by atoms with Crippen LogP contribution in [0.5, 0.6) is 0 Å². The number of benzene rings is 2. The molecule has 0 atom stereocenters. The van der Waals surface area contributed by atoms with Crippen LogP contribution in [0.1, 0.15) is 0 Å². The summed E-state index contributed by atoms with van der Waals surface area (Å²) in [4.78, 5) is 8.92. The van der Waals surface area contributed by atoms with Crippen molar-refractivity contribution in [3.63, 3.8) is 0 Å². The summed E-state index contributed by atoms with van der Waals surface area (Å²) in [5, 5.41) is 13.8. The maximum absolute atomic E-state index is 9.32. The monoisotopic (exact) mass is 263 g/mol. The third-order valence-electron chi connectivity index (χ3n) is 3.21. The number of hydrogen-bond acceptors (Lipinski definition) is 5. The lowest BCUT2D eigenvalue weighted by Crippen LogP contribution is -2.07. The molecule has 4 aromatic rings. The fourth-order valence-electron chi connectivity index (χ4n) is 2.29. The van der Waals surface area contributed by atoms with Crippen molar-refractivity contribution in [1.29, 1.82) is 0 Å². The summed E-state index contributed by atoms with van der Waals surface area (Å²) in [5.74, 6) is 0. The third kappa shape index (κ3) is 1.46. The van der Waals surface area contributed by atoms with Gasteiger partial charge in [0.2, 0.25) is 5.71 Å². The van der Waals surface area contributed by atoms with E-state index in [2.05, 4.69) is 15.1 Å². The van der Waals surface area contributed by atoms with Gasteiger partial charge in [0, 0.05) is 5.39 Å². The second kappa shape index (κ2) is 4.03. The first-order chi connectivity index (χ1) is 9.86. The number of nitrogens with zero attached hydrogens (tertiary/aromatic N) is 3. The molecule has 96 valence electrons. The molecule has 0 aliphatic heterocycles. The second-order valence-corrected chi connectivity index (χ2v) is 4.41. The molecule has 1 N–H and O–H groups in total. The number of fused-ring (bicyclic) bond motifs is 3. The van der Waals surface area contributed by atoms with E-state index >= 15 is 0 Å². The van der Waals surface area contributed by atoms with Crippen molar-refractivity contribution >= 4 is 33.2 Å². The molecule has 0 bridgehead atoms. The minimum absolute atomic E-state index is 0.357. The highest BCUT2D eigenvalue weighted by Crippen LogP contribution is 2.18. The first-order valence-corrected chi connectivity index (χ1v) is 6.13. The summed E-state index contributed by atoms with van der Waals surface area (Å²) in [6, 6.07) is 14.8. The Balaban J connectivity index is 2.32. The average Bonchev–Trinajstić information content (AvgIpc) is 2.50. The van der Waals surface area contributed by atoms with Crippen LogP contribution in [0, 0.1) is 0 Å². The van der Waals surface area contributed by atoms with Gasteiger partial charge in [0.1, 0.15) is 10.9 Å². The van der Waals surface area contributed by atoms with E-state index in [0.717, 1.165) is 11.0 Å². The highest BCUT2D eigenvalue weighted by atomic mass is 16.4. The Hall–Kier alpha value is -2.95. The summed E-state index contributed by atoms with van der Waals surface area (Å²) in [6.45, 7) is 0. The summed E-state index contributed by atoms with van der Waals surface area (Å²) >= 11 is 0. The molecule has 20 heavy (non-hydrogen) atoms. The quantitative estimate of drug-likeness (QED) is 0.301. The summed E-state index contributed by atoms with van der Waals surface area (Å²) in [6.07, 6.45) is 0. The maximum Gasteiger partial charge on any atom is 0.248 e. The lowest BCUT2D eigenvalue weighted by Gasteiger charge is -2.03. The van der Waals surface area contributed by atoms with Gasteiger partial charge in [0.25, 0.3) is 0 Å². The van der Waals surface area contributed by atoms with E-state index < -0.39 is 0 Å². The van der Waals surface area contributed by atoms with Crippen molar-refractivity contribution < 1.29 is 9.62 Å². The zero-order chi connectivity index (χ0) is 13.5. The van der Waals surface area contributed by atoms with Gasteiger partial charge in [-0.2, -0.15) is 0 Å². The molecule has 2 heterocycles. The molecule has 0 fully saturated rings. The topological polar surface area (TPSA) is 71.5 Å². The molecule has 2 aromatic carbocycles. The average molecular weight is 263 g/mol. The van der Waals surface area contributed by atoms with Crippen molar-refractivity contribution in [2.45, 2.75) is 0 Å². The minimum atomic E-state index is 0.357. The number of para-hydroxylation sites is 3. The minimum Gasteiger partial charge on any atom is -0.436 e. The van der Waals surface area contributed by atoms with Crippen molar-refractivity contribution in [3.05, 3.63) is 53.9 Å². The van der Waals surface area contributed by atoms with Gasteiger partial charge in [-0.25, -0.2) is 9.97 Å². The predicted molar refractivity (Wildman–Crippen MR) is 74.2 cm³/mol. The number of rotatable bonds is 0. The van der Waals surface area contributed by atoms with Gasteiger partial charge >= 0.3 is 0 Å². The Kier molecular flexibility index (Phi) is 2.20. The van der Waals surface area contributed by atoms with Crippen LogP contribution in [0.2, 0.25) is 0 Å². The lowest BCUT2D eigenvalue weighted by atomic mass is 10.2. The second-order valence-electron chi connectivity index (χ2n) is 4.41. The van der Waals surface area contributed by atoms with Crippen LogP contribution < -0.4 is 5.36 Å². The molecule has 0 amide bonds. The highest BCUT2D eigenvalue weighted by Gasteiger charge is 2.10. The van der Waals surface area contributed by atoms with E-state index in [-0.39, 0.29) is 0 Å². The van der Waals surface area contributed by atoms with Gasteiger partial charge < -0.3 is 9.62 Å². The van der Waals surface area contributed by atoms with E-state index in [1.54, 1.807) is 6.07 Å². The molecule has 0 aliphatic rings. The van der Waals surface area contributed by atoms with Crippen molar-refractivity contribution in [2.75, 3.05) is 0 Å². The number of aromatic nitrogens is 2. The molecule has 5 nitrogen and oxygen atoms in total. The van der Waals surface area contributed by atoms with E-state index in [1.165, 1.54) is 0 Å². The van der Waals surface area contributed by atoms with Crippen LogP contribution >= 0.6 is 0 Å². The van der Waals surface area contributed by atoms with Crippen LogP contribution in [-0.2, 0) is 0 Å². The molecular formula is C15H9N3O2. The zero-order valence-electron chi connectivity index (χ0n) is 10.3. The fourth-order valence-corrected chi connectivity index (χ4v) is 2.29. The maximum atomic E-state index is 9.32. The smallest absolute Gasteiger partial charge is 0.248 e. The van der Waals surface area contributed by atoms with Crippen molar-refractivity contribution in [3.8, 4) is 0 Å². The summed E-state index contributed by atoms with van der Waals surface area (Å²) < 4.78 is 5.75. The number of hydrogen-bond donors (Lipinski definition) is 1. The standard InChI is InChI=1S/C15H9N3O2/c19-18-13-9-5-1-4-8-12(9)20-15-14(13)16-10-6-2-3-7-11(10)17-15/h1-8,19H. The third-order valence-corrected chi connectivity index (χ3v) is 3.21. The molecule has 0 saturated carbocycles. The first kappa shape index (κ1) is 10.9. The molecule has 4 rings (SSSR count). The van der Waals surface area contributed by atoms with E-state index in [4.69, 9.17) is 4.42 Å². The van der Waals surface area contributed by atoms with Crippen LogP contribution in [-0.4, -0.2) is 15.2 Å². The first-order valence-electron chi connectivity index (χ1n) is 6.13. The predicted octanol–water partition coefficient (Wildman–Crippen LogP) is 2.82. The Morgan fingerprint density at radius 3 is 2.40 bits per heavy atom. The fraction of sp³-hybridized carbons (Fsp3) is 0. The van der Waals surface area contributed by atoms with Gasteiger partial charge in [-0.05, 0) is 24.3 Å². The summed E-state index contributed by atoms with van der Waals surface area (Å²) in [5.41, 5.74) is 2.88. The Morgan fingerprint density at radius 1 is 0.900 bits per heavy atom. The molecule has 0 saturated heterocycles. The summed E-state index contributed by atoms with van der Waals surface area (Å²) in [7, 11) is 0. The normalized spacial score (nSPS) is 12.5. The van der Waals surface area contributed by atoms with Crippen LogP contribution in [0.3, 0.4) is 0 Å². The Bertz CT molecular complexity index is 1020. The van der Waals surface area contributed by atoms with Crippen LogP contribution in [0.25, 0.3) is 33.2 Å². The van der Waals surface area contributed by atoms with Crippen molar-refractivity contribution in [1.82, 2.24) is 9.97 Å². The van der Waals surface area contributed by atoms with Gasteiger partial charge in [-0.3, -0.25) is 0 Å². The van der Waals surface area contributed by atoms with Gasteiger partial charge in [-0.1, -0.05) is 29.4 Å². The lowest BCUT2D eigenvalue weighted by molar-refractivity contribution is 0.303. The molecular weight excluding hydrogens is 254 g/mol.